The van der Waals surface area contributed by atoms with E-state index in [-0.39, 0.29) is 5.91 Å². The van der Waals surface area contributed by atoms with Gasteiger partial charge >= 0.3 is 5.97 Å². The van der Waals surface area contributed by atoms with E-state index in [1.54, 1.807) is 48.5 Å². The predicted molar refractivity (Wildman–Crippen MR) is 113 cm³/mol. The number of nitrogens with zero attached hydrogens (tertiary/aromatic N) is 1. The van der Waals surface area contributed by atoms with Crippen LogP contribution in [0, 0.1) is 17.2 Å². The molecule has 154 valence electrons. The Labute approximate surface area is 175 Å². The van der Waals surface area contributed by atoms with Crippen LogP contribution in [-0.4, -0.2) is 30.9 Å². The highest BCUT2D eigenvalue weighted by Crippen LogP contribution is 2.15. The molecule has 7 heteroatoms. The van der Waals surface area contributed by atoms with Crippen LogP contribution >= 0.6 is 0 Å². The van der Waals surface area contributed by atoms with Crippen LogP contribution in [0.2, 0.25) is 0 Å². The molecule has 0 aliphatic heterocycles. The van der Waals surface area contributed by atoms with Crippen LogP contribution in [0.4, 0.5) is 5.69 Å². The SMILES string of the molecule is CC(C)CNC(=O)c1ccccc1NC(=O)COC(=O)/C=C/c1ccc(C#N)cc1. The third-order valence-electron chi connectivity index (χ3n) is 3.91. The van der Waals surface area contributed by atoms with Crippen molar-refractivity contribution in [2.45, 2.75) is 13.8 Å². The van der Waals surface area contributed by atoms with E-state index in [4.69, 9.17) is 10.00 Å². The number of para-hydroxylation sites is 1. The molecule has 0 bridgehead atoms. The van der Waals surface area contributed by atoms with E-state index in [2.05, 4.69) is 10.6 Å². The smallest absolute Gasteiger partial charge is 0.331 e. The second kappa shape index (κ2) is 11.2. The molecule has 2 N–H and O–H groups in total. The monoisotopic (exact) mass is 405 g/mol. The molecular weight excluding hydrogens is 382 g/mol. The number of carbonyl (C=O) groups is 3. The van der Waals surface area contributed by atoms with Crippen LogP contribution in [0.3, 0.4) is 0 Å². The first-order valence-corrected chi connectivity index (χ1v) is 9.41. The number of hydrogen-bond donors (Lipinski definition) is 2. The van der Waals surface area contributed by atoms with Gasteiger partial charge in [0.25, 0.3) is 11.8 Å². The fourth-order valence-electron chi connectivity index (χ4n) is 2.39. The summed E-state index contributed by atoms with van der Waals surface area (Å²) in [5.41, 5.74) is 1.91. The van der Waals surface area contributed by atoms with Gasteiger partial charge in [0.15, 0.2) is 6.61 Å². The molecule has 0 aliphatic rings. The van der Waals surface area contributed by atoms with Gasteiger partial charge in [-0.2, -0.15) is 5.26 Å². The number of carbonyl (C=O) groups excluding carboxylic acids is 3. The maximum atomic E-state index is 12.3. The molecule has 0 aromatic heterocycles. The van der Waals surface area contributed by atoms with Crippen molar-refractivity contribution < 1.29 is 19.1 Å². The molecule has 0 unspecified atom stereocenters. The fourth-order valence-corrected chi connectivity index (χ4v) is 2.39. The summed E-state index contributed by atoms with van der Waals surface area (Å²) in [7, 11) is 0. The van der Waals surface area contributed by atoms with Crippen molar-refractivity contribution in [1.82, 2.24) is 5.32 Å². The van der Waals surface area contributed by atoms with E-state index in [1.807, 2.05) is 19.9 Å². The van der Waals surface area contributed by atoms with Crippen LogP contribution in [-0.2, 0) is 14.3 Å². The number of nitriles is 1. The maximum Gasteiger partial charge on any atom is 0.331 e. The summed E-state index contributed by atoms with van der Waals surface area (Å²) in [4.78, 5) is 36.2. The highest BCUT2D eigenvalue weighted by molar-refractivity contribution is 6.04. The normalized spacial score (nSPS) is 10.5. The number of anilines is 1. The first-order chi connectivity index (χ1) is 14.4. The minimum atomic E-state index is -0.683. The van der Waals surface area contributed by atoms with Gasteiger partial charge in [0.05, 0.1) is 22.9 Å². The van der Waals surface area contributed by atoms with Gasteiger partial charge < -0.3 is 15.4 Å². The van der Waals surface area contributed by atoms with E-state index in [9.17, 15) is 14.4 Å². The molecule has 0 saturated carbocycles. The summed E-state index contributed by atoms with van der Waals surface area (Å²) in [6.07, 6.45) is 2.72. The molecule has 7 nitrogen and oxygen atoms in total. The summed E-state index contributed by atoms with van der Waals surface area (Å²) in [6.45, 7) is 4.00. The third-order valence-corrected chi connectivity index (χ3v) is 3.91. The van der Waals surface area contributed by atoms with Crippen molar-refractivity contribution >= 4 is 29.5 Å². The molecular formula is C23H23N3O4. The average Bonchev–Trinajstić information content (AvgIpc) is 2.75. The lowest BCUT2D eigenvalue weighted by atomic mass is 10.1. The van der Waals surface area contributed by atoms with Crippen LogP contribution in [0.1, 0.15) is 35.3 Å². The number of ether oxygens (including phenoxy) is 1. The second-order valence-corrected chi connectivity index (χ2v) is 6.87. The minimum Gasteiger partial charge on any atom is -0.452 e. The first kappa shape index (κ1) is 22.4. The summed E-state index contributed by atoms with van der Waals surface area (Å²) in [5.74, 6) is -1.23. The summed E-state index contributed by atoms with van der Waals surface area (Å²) >= 11 is 0. The molecule has 2 rings (SSSR count). The lowest BCUT2D eigenvalue weighted by Crippen LogP contribution is -2.29. The van der Waals surface area contributed by atoms with Gasteiger partial charge in [-0.1, -0.05) is 38.1 Å². The van der Waals surface area contributed by atoms with Gasteiger partial charge in [-0.05, 0) is 41.8 Å². The quantitative estimate of drug-likeness (QED) is 0.518. The molecule has 0 heterocycles. The standard InChI is InChI=1S/C23H23N3O4/c1-16(2)14-25-23(29)19-5-3-4-6-20(19)26-21(27)15-30-22(28)12-11-17-7-9-18(13-24)10-8-17/h3-12,16H,14-15H2,1-2H3,(H,25,29)(H,26,27)/b12-11+. The van der Waals surface area contributed by atoms with Gasteiger partial charge in [0.1, 0.15) is 0 Å². The van der Waals surface area contributed by atoms with Crippen LogP contribution in [0.25, 0.3) is 6.08 Å². The average molecular weight is 405 g/mol. The van der Waals surface area contributed by atoms with Gasteiger partial charge in [-0.3, -0.25) is 9.59 Å². The van der Waals surface area contributed by atoms with Crippen LogP contribution in [0.5, 0.6) is 0 Å². The first-order valence-electron chi connectivity index (χ1n) is 9.41. The van der Waals surface area contributed by atoms with Gasteiger partial charge in [-0.15, -0.1) is 0 Å². The van der Waals surface area contributed by atoms with Crippen molar-refractivity contribution in [2.24, 2.45) is 5.92 Å². The molecule has 2 aromatic rings. The lowest BCUT2D eigenvalue weighted by molar-refractivity contribution is -0.142. The highest BCUT2D eigenvalue weighted by Gasteiger charge is 2.14. The molecule has 0 saturated heterocycles. The molecule has 2 amide bonds. The number of nitrogens with one attached hydrogen (secondary N) is 2. The van der Waals surface area contributed by atoms with Gasteiger partial charge in [-0.25, -0.2) is 4.79 Å². The molecule has 0 atom stereocenters. The lowest BCUT2D eigenvalue weighted by Gasteiger charge is -2.12. The summed E-state index contributed by atoms with van der Waals surface area (Å²) in [6, 6.07) is 15.3. The van der Waals surface area contributed by atoms with Crippen molar-refractivity contribution in [1.29, 1.82) is 5.26 Å². The Balaban J connectivity index is 1.88. The number of amides is 2. The van der Waals surface area contributed by atoms with Crippen LogP contribution < -0.4 is 10.6 Å². The van der Waals surface area contributed by atoms with E-state index >= 15 is 0 Å². The minimum absolute atomic E-state index is 0.290. The van der Waals surface area contributed by atoms with Crippen LogP contribution in [0.15, 0.2) is 54.6 Å². The zero-order valence-corrected chi connectivity index (χ0v) is 16.8. The van der Waals surface area contributed by atoms with E-state index in [0.29, 0.717) is 29.3 Å². The van der Waals surface area contributed by atoms with E-state index in [1.165, 1.54) is 12.2 Å². The summed E-state index contributed by atoms with van der Waals surface area (Å²) < 4.78 is 4.93. The Morgan fingerprint density at radius 1 is 1.10 bits per heavy atom. The van der Waals surface area contributed by atoms with E-state index in [0.717, 1.165) is 5.56 Å². The topological polar surface area (TPSA) is 108 Å². The predicted octanol–water partition coefficient (Wildman–Crippen LogP) is 3.14. The molecule has 0 spiro atoms. The van der Waals surface area contributed by atoms with Crippen molar-refractivity contribution in [3.8, 4) is 6.07 Å². The van der Waals surface area contributed by atoms with Crippen molar-refractivity contribution in [3.63, 3.8) is 0 Å². The Morgan fingerprint density at radius 2 is 1.80 bits per heavy atom. The number of esters is 1. The molecule has 30 heavy (non-hydrogen) atoms. The fraction of sp³-hybridized carbons (Fsp3) is 0.217. The molecule has 0 radical (unpaired) electrons. The maximum absolute atomic E-state index is 12.3. The number of rotatable bonds is 8. The van der Waals surface area contributed by atoms with Crippen molar-refractivity contribution in [2.75, 3.05) is 18.5 Å². The Hall–Kier alpha value is -3.92. The Kier molecular flexibility index (Phi) is 8.33. The molecule has 2 aromatic carbocycles. The van der Waals surface area contributed by atoms with Crippen molar-refractivity contribution in [3.05, 3.63) is 71.3 Å². The largest absolute Gasteiger partial charge is 0.452 e. The van der Waals surface area contributed by atoms with E-state index < -0.39 is 18.5 Å². The molecule has 0 fully saturated rings. The third kappa shape index (κ3) is 7.24. The highest BCUT2D eigenvalue weighted by atomic mass is 16.5. The second-order valence-electron chi connectivity index (χ2n) is 6.87. The van der Waals surface area contributed by atoms with Gasteiger partial charge in [0, 0.05) is 12.6 Å². The number of benzene rings is 2. The Bertz CT molecular complexity index is 973. The number of hydrogen-bond acceptors (Lipinski definition) is 5. The van der Waals surface area contributed by atoms with Gasteiger partial charge in [0.2, 0.25) is 0 Å². The Morgan fingerprint density at radius 3 is 2.47 bits per heavy atom. The molecule has 0 aliphatic carbocycles. The zero-order chi connectivity index (χ0) is 21.9. The summed E-state index contributed by atoms with van der Waals surface area (Å²) in [5, 5.41) is 14.2. The zero-order valence-electron chi connectivity index (χ0n) is 16.8.